The standard InChI is InChI=1S/C31H43N5O4/c1-5-17-40-29-18-22(9-10-26(29)37-2)21-35-15-11-23(12-16-35)32-31-33-25-20-28(39-4)27(38-3)19-24(25)30(34-31)36-13-7-6-8-14-36/h9-10,18-20,23H,5-8,11-17,21H2,1-4H3,(H,32,33,34). The number of likely N-dealkylation sites (tertiary alicyclic amines) is 1. The quantitative estimate of drug-likeness (QED) is 0.333. The Kier molecular flexibility index (Phi) is 9.31. The number of fused-ring (bicyclic) bond motifs is 1. The van der Waals surface area contributed by atoms with Gasteiger partial charge in [0.2, 0.25) is 5.95 Å². The normalized spacial score (nSPS) is 16.6. The van der Waals surface area contributed by atoms with Gasteiger partial charge >= 0.3 is 0 Å². The zero-order valence-corrected chi connectivity index (χ0v) is 24.4. The van der Waals surface area contributed by atoms with Gasteiger partial charge < -0.3 is 29.2 Å². The van der Waals surface area contributed by atoms with E-state index in [1.807, 2.05) is 18.2 Å². The molecule has 0 atom stereocenters. The van der Waals surface area contributed by atoms with E-state index in [9.17, 15) is 0 Å². The van der Waals surface area contributed by atoms with E-state index in [4.69, 9.17) is 28.9 Å². The molecule has 2 fully saturated rings. The number of piperidine rings is 2. The Balaban J connectivity index is 1.28. The summed E-state index contributed by atoms with van der Waals surface area (Å²) in [5.41, 5.74) is 2.11. The maximum atomic E-state index is 5.92. The van der Waals surface area contributed by atoms with Crippen LogP contribution in [0.1, 0.15) is 51.0 Å². The molecule has 2 saturated heterocycles. The van der Waals surface area contributed by atoms with Crippen molar-refractivity contribution in [2.75, 3.05) is 64.3 Å². The number of nitrogens with one attached hydrogen (secondary N) is 1. The molecule has 2 aliphatic rings. The van der Waals surface area contributed by atoms with Crippen molar-refractivity contribution in [2.45, 2.75) is 58.0 Å². The summed E-state index contributed by atoms with van der Waals surface area (Å²) in [5.74, 6) is 4.66. The lowest BCUT2D eigenvalue weighted by atomic mass is 10.0. The first-order valence-electron chi connectivity index (χ1n) is 14.6. The minimum absolute atomic E-state index is 0.322. The summed E-state index contributed by atoms with van der Waals surface area (Å²) < 4.78 is 22.6. The highest BCUT2D eigenvalue weighted by atomic mass is 16.5. The smallest absolute Gasteiger partial charge is 0.225 e. The van der Waals surface area contributed by atoms with Gasteiger partial charge in [0, 0.05) is 50.2 Å². The first-order chi connectivity index (χ1) is 19.6. The second-order valence-corrected chi connectivity index (χ2v) is 10.7. The van der Waals surface area contributed by atoms with Crippen LogP contribution >= 0.6 is 0 Å². The molecule has 40 heavy (non-hydrogen) atoms. The van der Waals surface area contributed by atoms with E-state index >= 15 is 0 Å². The number of benzene rings is 2. The topological polar surface area (TPSA) is 81.2 Å². The summed E-state index contributed by atoms with van der Waals surface area (Å²) in [6.45, 7) is 7.72. The third-order valence-electron chi connectivity index (χ3n) is 7.85. The van der Waals surface area contributed by atoms with Crippen LogP contribution in [0.2, 0.25) is 0 Å². The maximum Gasteiger partial charge on any atom is 0.225 e. The molecule has 0 aliphatic carbocycles. The van der Waals surface area contributed by atoms with Crippen molar-refractivity contribution in [3.63, 3.8) is 0 Å². The van der Waals surface area contributed by atoms with Gasteiger partial charge in [0.05, 0.1) is 33.5 Å². The van der Waals surface area contributed by atoms with Gasteiger partial charge in [0.15, 0.2) is 23.0 Å². The van der Waals surface area contributed by atoms with Gasteiger partial charge in [-0.1, -0.05) is 13.0 Å². The van der Waals surface area contributed by atoms with E-state index < -0.39 is 0 Å². The summed E-state index contributed by atoms with van der Waals surface area (Å²) in [5, 5.41) is 4.67. The first kappa shape index (κ1) is 28.1. The van der Waals surface area contributed by atoms with Crippen molar-refractivity contribution in [3.8, 4) is 23.0 Å². The van der Waals surface area contributed by atoms with Crippen molar-refractivity contribution in [2.24, 2.45) is 0 Å². The molecule has 216 valence electrons. The molecular formula is C31H43N5O4. The van der Waals surface area contributed by atoms with Crippen molar-refractivity contribution in [1.29, 1.82) is 0 Å². The molecule has 0 saturated carbocycles. The predicted molar refractivity (Wildman–Crippen MR) is 159 cm³/mol. The van der Waals surface area contributed by atoms with Crippen LogP contribution in [0.5, 0.6) is 23.0 Å². The van der Waals surface area contributed by atoms with Crippen molar-refractivity contribution in [1.82, 2.24) is 14.9 Å². The zero-order valence-electron chi connectivity index (χ0n) is 24.4. The van der Waals surface area contributed by atoms with Crippen LogP contribution < -0.4 is 29.2 Å². The van der Waals surface area contributed by atoms with Crippen LogP contribution in [-0.2, 0) is 6.54 Å². The molecule has 2 aliphatic heterocycles. The third kappa shape index (κ3) is 6.46. The van der Waals surface area contributed by atoms with Crippen LogP contribution in [0.15, 0.2) is 30.3 Å². The third-order valence-corrected chi connectivity index (χ3v) is 7.85. The van der Waals surface area contributed by atoms with E-state index in [-0.39, 0.29) is 0 Å². The number of nitrogens with zero attached hydrogens (tertiary/aromatic N) is 4. The lowest BCUT2D eigenvalue weighted by Gasteiger charge is -2.33. The molecule has 3 heterocycles. The monoisotopic (exact) mass is 549 g/mol. The van der Waals surface area contributed by atoms with E-state index in [2.05, 4.69) is 34.2 Å². The number of ether oxygens (including phenoxy) is 4. The van der Waals surface area contributed by atoms with Crippen LogP contribution in [0, 0.1) is 0 Å². The summed E-state index contributed by atoms with van der Waals surface area (Å²) in [6.07, 6.45) is 6.66. The average Bonchev–Trinajstić information content (AvgIpc) is 3.00. The molecule has 1 N–H and O–H groups in total. The fraction of sp³-hybridized carbons (Fsp3) is 0.548. The second-order valence-electron chi connectivity index (χ2n) is 10.7. The van der Waals surface area contributed by atoms with E-state index in [0.29, 0.717) is 30.1 Å². The lowest BCUT2D eigenvalue weighted by Crippen LogP contribution is -2.39. The molecule has 2 aromatic carbocycles. The fourth-order valence-corrected chi connectivity index (χ4v) is 5.67. The highest BCUT2D eigenvalue weighted by Gasteiger charge is 2.23. The number of methoxy groups -OCH3 is 3. The fourth-order valence-electron chi connectivity index (χ4n) is 5.67. The summed E-state index contributed by atoms with van der Waals surface area (Å²) in [7, 11) is 5.02. The molecule has 9 heteroatoms. The Morgan fingerprint density at radius 1 is 0.825 bits per heavy atom. The van der Waals surface area contributed by atoms with Gasteiger partial charge in [0.25, 0.3) is 0 Å². The molecule has 9 nitrogen and oxygen atoms in total. The van der Waals surface area contributed by atoms with Gasteiger partial charge in [-0.2, -0.15) is 4.98 Å². The minimum Gasteiger partial charge on any atom is -0.493 e. The molecule has 5 rings (SSSR count). The van der Waals surface area contributed by atoms with Gasteiger partial charge in [-0.05, 0) is 62.3 Å². The largest absolute Gasteiger partial charge is 0.493 e. The van der Waals surface area contributed by atoms with E-state index in [1.165, 1.54) is 24.8 Å². The Hall–Kier alpha value is -3.46. The SMILES string of the molecule is CCCOc1cc(CN2CCC(Nc3nc(N4CCCCC4)c4cc(OC)c(OC)cc4n3)CC2)ccc1OC. The molecular weight excluding hydrogens is 506 g/mol. The predicted octanol–water partition coefficient (Wildman–Crippen LogP) is 5.51. The van der Waals surface area contributed by atoms with Crippen molar-refractivity contribution in [3.05, 3.63) is 35.9 Å². The number of hydrogen-bond acceptors (Lipinski definition) is 9. The Morgan fingerprint density at radius 3 is 2.25 bits per heavy atom. The Labute approximate surface area is 237 Å². The van der Waals surface area contributed by atoms with Crippen LogP contribution in [0.25, 0.3) is 10.9 Å². The van der Waals surface area contributed by atoms with Crippen LogP contribution in [-0.4, -0.2) is 75.0 Å². The summed E-state index contributed by atoms with van der Waals surface area (Å²) in [4.78, 5) is 14.9. The number of aromatic nitrogens is 2. The number of anilines is 2. The highest BCUT2D eigenvalue weighted by molar-refractivity contribution is 5.93. The van der Waals surface area contributed by atoms with E-state index in [1.54, 1.807) is 21.3 Å². The maximum absolute atomic E-state index is 5.92. The number of rotatable bonds is 11. The summed E-state index contributed by atoms with van der Waals surface area (Å²) in [6, 6.07) is 10.6. The molecule has 3 aromatic rings. The van der Waals surface area contributed by atoms with Crippen molar-refractivity contribution >= 4 is 22.7 Å². The zero-order chi connectivity index (χ0) is 27.9. The number of hydrogen-bond donors (Lipinski definition) is 1. The van der Waals surface area contributed by atoms with Gasteiger partial charge in [-0.25, -0.2) is 4.98 Å². The van der Waals surface area contributed by atoms with Crippen molar-refractivity contribution < 1.29 is 18.9 Å². The van der Waals surface area contributed by atoms with Crippen LogP contribution in [0.4, 0.5) is 11.8 Å². The van der Waals surface area contributed by atoms with Gasteiger partial charge in [-0.15, -0.1) is 0 Å². The molecule has 0 unspecified atom stereocenters. The minimum atomic E-state index is 0.322. The van der Waals surface area contributed by atoms with Crippen LogP contribution in [0.3, 0.4) is 0 Å². The lowest BCUT2D eigenvalue weighted by molar-refractivity contribution is 0.210. The molecule has 0 spiro atoms. The van der Waals surface area contributed by atoms with Gasteiger partial charge in [0.1, 0.15) is 5.82 Å². The highest BCUT2D eigenvalue weighted by Crippen LogP contribution is 2.37. The molecule has 1 aromatic heterocycles. The van der Waals surface area contributed by atoms with E-state index in [0.717, 1.165) is 80.2 Å². The Morgan fingerprint density at radius 2 is 1.55 bits per heavy atom. The molecule has 0 amide bonds. The molecule has 0 radical (unpaired) electrons. The second kappa shape index (κ2) is 13.3. The Bertz CT molecular complexity index is 1270. The molecule has 0 bridgehead atoms. The van der Waals surface area contributed by atoms with Gasteiger partial charge in [-0.3, -0.25) is 4.90 Å². The first-order valence-corrected chi connectivity index (χ1v) is 14.6. The average molecular weight is 550 g/mol. The summed E-state index contributed by atoms with van der Waals surface area (Å²) >= 11 is 0.